The molecule has 0 radical (unpaired) electrons. The Morgan fingerprint density at radius 2 is 0.717 bits per heavy atom. The van der Waals surface area contributed by atoms with Crippen molar-refractivity contribution < 1.29 is 28.6 Å². The first-order chi connectivity index (χ1) is 48.3. The summed E-state index contributed by atoms with van der Waals surface area (Å²) in [6, 6.07) is 27.3. The molecular weight excluding hydrogens is 1220 g/mol. The molecule has 0 amide bonds. The number of anilines is 2. The van der Waals surface area contributed by atoms with E-state index in [4.69, 9.17) is 8.83 Å². The van der Waals surface area contributed by atoms with E-state index in [0.29, 0.717) is 12.8 Å². The largest absolute Gasteiger partial charge is 0.481 e. The van der Waals surface area contributed by atoms with Crippen molar-refractivity contribution in [3.63, 3.8) is 0 Å². The lowest BCUT2D eigenvalue weighted by molar-refractivity contribution is -0.144. The number of carboxylic acid groups (broad SMARTS) is 2. The van der Waals surface area contributed by atoms with Crippen LogP contribution in [0.5, 0.6) is 0 Å². The molecule has 10 heteroatoms. The quantitative estimate of drug-likeness (QED) is 0.0221. The SMILES string of the molecule is CCCCCCCCCCC(CC(C(=O)O)C(c1c2ccc(=[N+](CCCC)CCCC)cc-2oc2cc(N(CCCC)CCCC)ccc12)C(CC)CCCCCCCC)C(c1c2ccc(=[N+](CCCC)CCCC)cc-2oc2cc(N(CCCC)CCCC)ccc12)C(CC)C(=O)O. The van der Waals surface area contributed by atoms with E-state index in [0.717, 1.165) is 284 Å². The number of hydrogen-bond acceptors (Lipinski definition) is 6. The van der Waals surface area contributed by atoms with Gasteiger partial charge in [0.2, 0.25) is 10.7 Å². The maximum atomic E-state index is 15.7. The normalized spacial score (nSPS) is 13.7. The van der Waals surface area contributed by atoms with Crippen LogP contribution in [0.2, 0.25) is 0 Å². The van der Waals surface area contributed by atoms with Gasteiger partial charge in [-0.25, -0.2) is 9.15 Å². The first-order valence-electron chi connectivity index (χ1n) is 41.5. The van der Waals surface area contributed by atoms with E-state index < -0.39 is 35.6 Å². The average molecular weight is 1360 g/mol. The van der Waals surface area contributed by atoms with Crippen molar-refractivity contribution in [2.24, 2.45) is 23.7 Å². The molecule has 2 aliphatic carbocycles. The fraction of sp³-hybridized carbons (Fsp3) is 0.685. The molecule has 2 aromatic carbocycles. The average Bonchev–Trinajstić information content (AvgIpc) is 0.747. The zero-order valence-electron chi connectivity index (χ0n) is 65.1. The maximum Gasteiger partial charge on any atom is 0.307 e. The number of carbonyl (C=O) groups is 2. The van der Waals surface area contributed by atoms with Crippen LogP contribution < -0.4 is 29.7 Å². The number of unbranched alkanes of at least 4 members (excludes halogenated alkanes) is 20. The van der Waals surface area contributed by atoms with Gasteiger partial charge in [-0.3, -0.25) is 9.59 Å². The molecule has 10 nitrogen and oxygen atoms in total. The first kappa shape index (κ1) is 82.3. The molecule has 2 N–H and O–H groups in total. The van der Waals surface area contributed by atoms with E-state index in [1.165, 1.54) is 57.8 Å². The molecule has 6 rings (SSSR count). The van der Waals surface area contributed by atoms with Crippen LogP contribution in [-0.2, 0) is 9.59 Å². The zero-order valence-corrected chi connectivity index (χ0v) is 65.1. The molecule has 2 aliphatic heterocycles. The highest BCUT2D eigenvalue weighted by Crippen LogP contribution is 2.53. The monoisotopic (exact) mass is 1360 g/mol. The third-order valence-electron chi connectivity index (χ3n) is 22.2. The number of carboxylic acids is 2. The summed E-state index contributed by atoms with van der Waals surface area (Å²) in [6.45, 7) is 34.7. The molecule has 0 spiro atoms. The highest BCUT2D eigenvalue weighted by molar-refractivity contribution is 5.93. The summed E-state index contributed by atoms with van der Waals surface area (Å²) in [5, 5.41) is 29.1. The van der Waals surface area contributed by atoms with E-state index >= 15 is 4.79 Å². The van der Waals surface area contributed by atoms with Crippen LogP contribution in [0.3, 0.4) is 0 Å². The van der Waals surface area contributed by atoms with Crippen molar-refractivity contribution in [1.29, 1.82) is 0 Å². The van der Waals surface area contributed by atoms with E-state index in [9.17, 15) is 15.0 Å². The van der Waals surface area contributed by atoms with Gasteiger partial charge >= 0.3 is 11.9 Å². The highest BCUT2D eigenvalue weighted by Gasteiger charge is 2.44. The number of nitrogens with zero attached hydrogens (tertiary/aromatic N) is 4. The predicted molar refractivity (Wildman–Crippen MR) is 425 cm³/mol. The fourth-order valence-corrected chi connectivity index (χ4v) is 16.2. The summed E-state index contributed by atoms with van der Waals surface area (Å²) in [4.78, 5) is 35.5. The number of hydrogen-bond donors (Lipinski definition) is 2. The summed E-state index contributed by atoms with van der Waals surface area (Å²) in [6.07, 6.45) is 36.7. The third kappa shape index (κ3) is 24.2. The second-order valence-corrected chi connectivity index (χ2v) is 29.9. The second-order valence-electron chi connectivity index (χ2n) is 29.9. The van der Waals surface area contributed by atoms with Gasteiger partial charge in [-0.15, -0.1) is 0 Å². The van der Waals surface area contributed by atoms with Gasteiger partial charge in [-0.1, -0.05) is 231 Å². The Morgan fingerprint density at radius 3 is 1.06 bits per heavy atom. The van der Waals surface area contributed by atoms with Crippen molar-refractivity contribution in [2.45, 2.75) is 320 Å². The number of benzene rings is 4. The van der Waals surface area contributed by atoms with Gasteiger partial charge in [-0.05, 0) is 111 Å². The van der Waals surface area contributed by atoms with Crippen LogP contribution in [0.1, 0.15) is 331 Å². The maximum absolute atomic E-state index is 15.7. The van der Waals surface area contributed by atoms with E-state index in [2.05, 4.69) is 175 Å². The molecule has 0 saturated carbocycles. The second kappa shape index (κ2) is 46.1. The Balaban J connectivity index is 1.77. The summed E-state index contributed by atoms with van der Waals surface area (Å²) in [5.74, 6) is -2.94. The third-order valence-corrected chi connectivity index (χ3v) is 22.2. The molecule has 2 heterocycles. The van der Waals surface area contributed by atoms with E-state index in [-0.39, 0.29) is 11.8 Å². The minimum Gasteiger partial charge on any atom is -0.481 e. The Hall–Kier alpha value is -5.64. The van der Waals surface area contributed by atoms with Crippen LogP contribution in [-0.4, -0.2) is 74.5 Å². The Kier molecular flexibility index (Phi) is 38.3. The number of fused-ring (bicyclic) bond motifs is 4. The standard InChI is InChI=1S/C89H140N4O6/c1-13-25-35-37-39-40-42-44-46-69(85(74(24-12)88(94)95)87-77-53-49-72(92(59-31-19-7)60-32-20-8)66-82(77)99-83-67-73(50-54-78(83)87)93(61-33-21-9)62-34-22-10)63-79(89(96)97)84(68(23-11)45-43-41-38-36-26-14-2)86-75-51-47-70(90(55-27-15-3)56-28-16-4)64-80(75)98-81-65-71(48-52-76(81)86)91(57-29-17-5)58-30-18-6/h47-54,64-69,74,79,84-85H,13-46,55-63H2,1-12H3/p+2. The van der Waals surface area contributed by atoms with Gasteiger partial charge in [0.15, 0.2) is 0 Å². The molecule has 4 aliphatic rings. The van der Waals surface area contributed by atoms with Gasteiger partial charge in [-0.2, -0.15) is 0 Å². The van der Waals surface area contributed by atoms with Crippen molar-refractivity contribution >= 4 is 45.3 Å². The molecule has 6 unspecified atom stereocenters. The van der Waals surface area contributed by atoms with Crippen LogP contribution in [0, 0.1) is 23.7 Å². The van der Waals surface area contributed by atoms with E-state index in [1.807, 2.05) is 0 Å². The van der Waals surface area contributed by atoms with E-state index in [1.54, 1.807) is 0 Å². The summed E-state index contributed by atoms with van der Waals surface area (Å²) < 4.78 is 19.8. The van der Waals surface area contributed by atoms with Gasteiger partial charge < -0.3 is 28.8 Å². The fourth-order valence-electron chi connectivity index (χ4n) is 16.2. The molecule has 0 fully saturated rings. The lowest BCUT2D eigenvalue weighted by Gasteiger charge is -2.39. The van der Waals surface area contributed by atoms with Gasteiger partial charge in [0, 0.05) is 121 Å². The van der Waals surface area contributed by atoms with Crippen LogP contribution in [0.15, 0.2) is 81.6 Å². The van der Waals surface area contributed by atoms with Crippen molar-refractivity contribution in [2.75, 3.05) is 62.2 Å². The molecule has 552 valence electrons. The lowest BCUT2D eigenvalue weighted by Crippen LogP contribution is -2.35. The van der Waals surface area contributed by atoms with Gasteiger partial charge in [0.25, 0.3) is 0 Å². The summed E-state index contributed by atoms with van der Waals surface area (Å²) in [5.41, 5.74) is 7.88. The molecule has 0 bridgehead atoms. The number of aliphatic carboxylic acids is 2. The lowest BCUT2D eigenvalue weighted by atomic mass is 9.64. The Labute approximate surface area is 602 Å². The van der Waals surface area contributed by atoms with Gasteiger partial charge in [0.1, 0.15) is 48.9 Å². The Morgan fingerprint density at radius 1 is 0.374 bits per heavy atom. The summed E-state index contributed by atoms with van der Waals surface area (Å²) in [7, 11) is 0. The van der Waals surface area contributed by atoms with Crippen LogP contribution in [0.25, 0.3) is 44.6 Å². The van der Waals surface area contributed by atoms with Crippen molar-refractivity contribution in [3.8, 4) is 22.6 Å². The van der Waals surface area contributed by atoms with Crippen LogP contribution in [0.4, 0.5) is 11.4 Å². The molecule has 0 saturated heterocycles. The first-order valence-corrected chi connectivity index (χ1v) is 41.5. The predicted octanol–water partition coefficient (Wildman–Crippen LogP) is 23.9. The molecule has 2 aromatic rings. The number of rotatable bonds is 54. The summed E-state index contributed by atoms with van der Waals surface area (Å²) >= 11 is 0. The van der Waals surface area contributed by atoms with Gasteiger partial charge in [0.05, 0.1) is 24.0 Å². The Bertz CT molecular complexity index is 3300. The zero-order chi connectivity index (χ0) is 71.3. The molecule has 0 aromatic heterocycles. The van der Waals surface area contributed by atoms with Crippen molar-refractivity contribution in [3.05, 3.63) is 94.6 Å². The highest BCUT2D eigenvalue weighted by atomic mass is 16.4. The minimum atomic E-state index is -0.854. The molecular formula is C89H142N4O6+2. The molecule has 6 atom stereocenters. The molecule has 99 heavy (non-hydrogen) atoms. The smallest absolute Gasteiger partial charge is 0.307 e. The topological polar surface area (TPSA) is 113 Å². The van der Waals surface area contributed by atoms with Crippen molar-refractivity contribution in [1.82, 2.24) is 9.15 Å². The minimum absolute atomic E-state index is 0.0195. The van der Waals surface area contributed by atoms with Crippen LogP contribution >= 0.6 is 0 Å².